The average molecular weight is 265 g/mol. The molecular formula is C13H19N3OS. The molecule has 1 aromatic heterocycles. The predicted molar refractivity (Wildman–Crippen MR) is 72.7 cm³/mol. The molecule has 0 unspecified atom stereocenters. The fourth-order valence-corrected chi connectivity index (χ4v) is 3.94. The first-order valence-electron chi connectivity index (χ1n) is 6.69. The summed E-state index contributed by atoms with van der Waals surface area (Å²) >= 11 is 1.64. The van der Waals surface area contributed by atoms with E-state index >= 15 is 0 Å². The van der Waals surface area contributed by atoms with Gasteiger partial charge < -0.3 is 11.1 Å². The van der Waals surface area contributed by atoms with Gasteiger partial charge in [0.05, 0.1) is 5.69 Å². The van der Waals surface area contributed by atoms with E-state index < -0.39 is 0 Å². The second kappa shape index (κ2) is 4.63. The number of aryl methyl sites for hydroxylation is 2. The van der Waals surface area contributed by atoms with Crippen LogP contribution in [0, 0.1) is 5.41 Å². The van der Waals surface area contributed by atoms with Crippen LogP contribution >= 0.6 is 11.3 Å². The summed E-state index contributed by atoms with van der Waals surface area (Å²) < 4.78 is 0. The predicted octanol–water partition coefficient (Wildman–Crippen LogP) is 2.09. The van der Waals surface area contributed by atoms with Crippen LogP contribution in [0.2, 0.25) is 0 Å². The van der Waals surface area contributed by atoms with E-state index in [0.717, 1.165) is 30.8 Å². The van der Waals surface area contributed by atoms with Gasteiger partial charge in [0, 0.05) is 11.3 Å². The zero-order chi connectivity index (χ0) is 12.6. The number of nitrogens with two attached hydrogens (primary N) is 1. The zero-order valence-electron chi connectivity index (χ0n) is 10.5. The number of amides is 1. The summed E-state index contributed by atoms with van der Waals surface area (Å²) in [7, 11) is 0. The lowest BCUT2D eigenvalue weighted by atomic mass is 9.66. The molecule has 0 atom stereocenters. The first-order chi connectivity index (χ1) is 8.71. The highest BCUT2D eigenvalue weighted by Gasteiger charge is 2.37. The van der Waals surface area contributed by atoms with Crippen molar-refractivity contribution in [2.75, 3.05) is 11.9 Å². The summed E-state index contributed by atoms with van der Waals surface area (Å²) in [6.07, 6.45) is 7.32. The van der Waals surface area contributed by atoms with Gasteiger partial charge in [0.15, 0.2) is 5.13 Å². The molecule has 1 heterocycles. The van der Waals surface area contributed by atoms with E-state index in [0.29, 0.717) is 13.0 Å². The number of rotatable bonds is 4. The summed E-state index contributed by atoms with van der Waals surface area (Å²) in [5.74, 6) is 0.0765. The van der Waals surface area contributed by atoms with Crippen molar-refractivity contribution in [1.29, 1.82) is 0 Å². The first-order valence-corrected chi connectivity index (χ1v) is 7.51. The van der Waals surface area contributed by atoms with E-state index in [2.05, 4.69) is 10.3 Å². The second-order valence-electron chi connectivity index (χ2n) is 5.53. The van der Waals surface area contributed by atoms with Gasteiger partial charge in [-0.25, -0.2) is 4.98 Å². The van der Waals surface area contributed by atoms with E-state index in [1.165, 1.54) is 23.4 Å². The molecule has 1 fully saturated rings. The van der Waals surface area contributed by atoms with Crippen LogP contribution in [-0.2, 0) is 17.6 Å². The summed E-state index contributed by atoms with van der Waals surface area (Å²) in [6, 6.07) is 0. The molecule has 1 aromatic rings. The van der Waals surface area contributed by atoms with E-state index in [4.69, 9.17) is 5.73 Å². The molecule has 2 aliphatic rings. The molecule has 4 nitrogen and oxygen atoms in total. The molecule has 0 bridgehead atoms. The van der Waals surface area contributed by atoms with Crippen LogP contribution in [0.25, 0.3) is 0 Å². The molecule has 0 aromatic carbocycles. The molecule has 0 saturated heterocycles. The quantitative estimate of drug-likeness (QED) is 0.876. The normalized spacial score (nSPS) is 20.3. The summed E-state index contributed by atoms with van der Waals surface area (Å²) in [6.45, 7) is 0.620. The Morgan fingerprint density at radius 2 is 2.22 bits per heavy atom. The van der Waals surface area contributed by atoms with Gasteiger partial charge in [-0.3, -0.25) is 4.79 Å². The van der Waals surface area contributed by atoms with Gasteiger partial charge in [0.25, 0.3) is 0 Å². The van der Waals surface area contributed by atoms with E-state index in [1.807, 2.05) is 0 Å². The van der Waals surface area contributed by atoms with Gasteiger partial charge >= 0.3 is 0 Å². The maximum atomic E-state index is 12.0. The molecule has 0 radical (unpaired) electrons. The maximum Gasteiger partial charge on any atom is 0.226 e. The van der Waals surface area contributed by atoms with Gasteiger partial charge in [-0.05, 0) is 44.1 Å². The molecule has 2 aliphatic carbocycles. The van der Waals surface area contributed by atoms with Crippen LogP contribution in [0.5, 0.6) is 0 Å². The smallest absolute Gasteiger partial charge is 0.226 e. The molecule has 5 heteroatoms. The molecule has 98 valence electrons. The fourth-order valence-electron chi connectivity index (χ4n) is 2.88. The lowest BCUT2D eigenvalue weighted by Crippen LogP contribution is -2.40. The van der Waals surface area contributed by atoms with Gasteiger partial charge in [-0.2, -0.15) is 0 Å². The zero-order valence-corrected chi connectivity index (χ0v) is 11.3. The molecular weight excluding hydrogens is 246 g/mol. The molecule has 18 heavy (non-hydrogen) atoms. The van der Waals surface area contributed by atoms with E-state index in [1.54, 1.807) is 11.3 Å². The van der Waals surface area contributed by atoms with E-state index in [9.17, 15) is 4.79 Å². The third-order valence-corrected chi connectivity index (χ3v) is 5.30. The maximum absolute atomic E-state index is 12.0. The van der Waals surface area contributed by atoms with Gasteiger partial charge in [-0.1, -0.05) is 6.42 Å². The number of anilines is 1. The Balaban J connectivity index is 1.60. The van der Waals surface area contributed by atoms with E-state index in [-0.39, 0.29) is 11.3 Å². The highest BCUT2D eigenvalue weighted by molar-refractivity contribution is 7.15. The molecule has 3 N–H and O–H groups in total. The van der Waals surface area contributed by atoms with Crippen LogP contribution in [0.3, 0.4) is 0 Å². The Kier molecular flexibility index (Phi) is 3.11. The topological polar surface area (TPSA) is 68.0 Å². The number of nitrogens with zero attached hydrogens (tertiary/aromatic N) is 1. The number of hydrogen-bond donors (Lipinski definition) is 2. The number of hydrogen-bond acceptors (Lipinski definition) is 4. The molecule has 1 saturated carbocycles. The number of aromatic nitrogens is 1. The molecule has 1 amide bonds. The van der Waals surface area contributed by atoms with Crippen molar-refractivity contribution in [3.8, 4) is 0 Å². The van der Waals surface area contributed by atoms with Crippen LogP contribution in [0.1, 0.15) is 42.7 Å². The van der Waals surface area contributed by atoms with Gasteiger partial charge in [0.1, 0.15) is 0 Å². The van der Waals surface area contributed by atoms with Crippen molar-refractivity contribution in [3.63, 3.8) is 0 Å². The van der Waals surface area contributed by atoms with Crippen molar-refractivity contribution in [3.05, 3.63) is 10.6 Å². The summed E-state index contributed by atoms with van der Waals surface area (Å²) in [5.41, 5.74) is 7.04. The Morgan fingerprint density at radius 3 is 2.83 bits per heavy atom. The fraction of sp³-hybridized carbons (Fsp3) is 0.692. The highest BCUT2D eigenvalue weighted by atomic mass is 32.1. The number of fused-ring (bicyclic) bond motifs is 1. The Morgan fingerprint density at radius 1 is 1.39 bits per heavy atom. The van der Waals surface area contributed by atoms with Crippen LogP contribution in [0.4, 0.5) is 5.13 Å². The third kappa shape index (κ3) is 2.17. The van der Waals surface area contributed by atoms with Crippen molar-refractivity contribution in [2.24, 2.45) is 11.1 Å². The Hall–Kier alpha value is -0.940. The number of thiazole rings is 1. The molecule has 3 rings (SSSR count). The molecule has 0 spiro atoms. The Labute approximate surface area is 111 Å². The van der Waals surface area contributed by atoms with Crippen molar-refractivity contribution in [1.82, 2.24) is 4.98 Å². The van der Waals surface area contributed by atoms with Crippen LogP contribution < -0.4 is 11.1 Å². The van der Waals surface area contributed by atoms with Gasteiger partial charge in [0.2, 0.25) is 5.91 Å². The number of carbonyl (C=O) groups is 1. The average Bonchev–Trinajstić information content (AvgIpc) is 2.83. The van der Waals surface area contributed by atoms with Gasteiger partial charge in [-0.15, -0.1) is 11.3 Å². The van der Waals surface area contributed by atoms with Crippen LogP contribution in [0.15, 0.2) is 0 Å². The minimum atomic E-state index is 0.0735. The lowest BCUT2D eigenvalue weighted by molar-refractivity contribution is -0.119. The minimum absolute atomic E-state index is 0.0735. The molecule has 0 aliphatic heterocycles. The lowest BCUT2D eigenvalue weighted by Gasteiger charge is -2.40. The standard InChI is InChI=1S/C13H19N3OS/c14-8-13(5-2-6-13)7-11(17)16-12-15-9-3-1-4-10(9)18-12/h1-8,14H2,(H,15,16,17). The van der Waals surface area contributed by atoms with Crippen molar-refractivity contribution < 1.29 is 4.79 Å². The monoisotopic (exact) mass is 265 g/mol. The largest absolute Gasteiger partial charge is 0.330 e. The van der Waals surface area contributed by atoms with Crippen molar-refractivity contribution >= 4 is 22.4 Å². The number of carbonyl (C=O) groups excluding carboxylic acids is 1. The van der Waals surface area contributed by atoms with Crippen LogP contribution in [-0.4, -0.2) is 17.4 Å². The Bertz CT molecular complexity index is 438. The highest BCUT2D eigenvalue weighted by Crippen LogP contribution is 2.43. The number of nitrogens with one attached hydrogen (secondary N) is 1. The minimum Gasteiger partial charge on any atom is -0.330 e. The summed E-state index contributed by atoms with van der Waals surface area (Å²) in [4.78, 5) is 17.8. The first kappa shape index (κ1) is 12.1. The summed E-state index contributed by atoms with van der Waals surface area (Å²) in [5, 5.41) is 3.72. The van der Waals surface area contributed by atoms with Crippen molar-refractivity contribution in [2.45, 2.75) is 44.9 Å². The third-order valence-electron chi connectivity index (χ3n) is 4.22. The second-order valence-corrected chi connectivity index (χ2v) is 6.61. The SMILES string of the molecule is NCC1(CC(=O)Nc2nc3c(s2)CCC3)CCC1.